The molecule has 7 nitrogen and oxygen atoms in total. The molecule has 2 heterocycles. The van der Waals surface area contributed by atoms with Gasteiger partial charge in [0.1, 0.15) is 11.5 Å². The minimum absolute atomic E-state index is 0.0705. The van der Waals surface area contributed by atoms with E-state index in [2.05, 4.69) is 0 Å². The van der Waals surface area contributed by atoms with Gasteiger partial charge in [-0.2, -0.15) is 0 Å². The average molecular weight is 480 g/mol. The molecule has 3 aromatic rings. The number of nitrogens with zero attached hydrogens (tertiary/aromatic N) is 1. The predicted molar refractivity (Wildman–Crippen MR) is 129 cm³/mol. The molecule has 2 aromatic carbocycles. The minimum atomic E-state index is -0.716. The second-order valence-corrected chi connectivity index (χ2v) is 8.79. The van der Waals surface area contributed by atoms with Crippen LogP contribution in [0.5, 0.6) is 17.2 Å². The highest BCUT2D eigenvalue weighted by Gasteiger charge is 2.46. The summed E-state index contributed by atoms with van der Waals surface area (Å²) < 4.78 is 15.9. The number of aliphatic hydroxyl groups is 1. The Morgan fingerprint density at radius 1 is 1.00 bits per heavy atom. The van der Waals surface area contributed by atoms with Gasteiger partial charge < -0.3 is 24.2 Å². The number of amides is 1. The molecule has 4 rings (SSSR count). The lowest BCUT2D eigenvalue weighted by molar-refractivity contribution is -0.140. The Morgan fingerprint density at radius 3 is 2.38 bits per heavy atom. The molecule has 176 valence electrons. The van der Waals surface area contributed by atoms with Crippen molar-refractivity contribution in [3.05, 3.63) is 81.1 Å². The maximum Gasteiger partial charge on any atom is 0.295 e. The number of ether oxygens (including phenoxy) is 3. The molecule has 1 fully saturated rings. The summed E-state index contributed by atoms with van der Waals surface area (Å²) in [4.78, 5) is 28.7. The van der Waals surface area contributed by atoms with E-state index in [1.165, 1.54) is 23.3 Å². The van der Waals surface area contributed by atoms with Crippen LogP contribution in [0.4, 0.5) is 0 Å². The number of ketones is 1. The number of carbonyl (C=O) groups excluding carboxylic acids is 2. The Balaban J connectivity index is 1.81. The summed E-state index contributed by atoms with van der Waals surface area (Å²) in [6.45, 7) is 1.98. The molecule has 1 aromatic heterocycles. The van der Waals surface area contributed by atoms with E-state index >= 15 is 0 Å². The molecule has 1 N–H and O–H groups in total. The average Bonchev–Trinajstić information content (AvgIpc) is 3.46. The lowest BCUT2D eigenvalue weighted by Gasteiger charge is -2.24. The first-order valence-corrected chi connectivity index (χ1v) is 11.4. The molecule has 1 amide bonds. The van der Waals surface area contributed by atoms with Crippen LogP contribution in [0.15, 0.2) is 59.5 Å². The molecule has 0 saturated carbocycles. The number of carbonyl (C=O) groups is 2. The molecular formula is C26H25NO6S. The highest BCUT2D eigenvalue weighted by atomic mass is 32.1. The first-order valence-electron chi connectivity index (χ1n) is 10.6. The molecule has 0 aliphatic carbocycles. The van der Waals surface area contributed by atoms with Gasteiger partial charge in [-0.3, -0.25) is 9.59 Å². The van der Waals surface area contributed by atoms with Gasteiger partial charge in [0.05, 0.1) is 32.9 Å². The van der Waals surface area contributed by atoms with Crippen molar-refractivity contribution in [1.29, 1.82) is 0 Å². The van der Waals surface area contributed by atoms with Crippen LogP contribution in [0.2, 0.25) is 0 Å². The summed E-state index contributed by atoms with van der Waals surface area (Å²) in [5.74, 6) is 0.146. The van der Waals surface area contributed by atoms with Gasteiger partial charge in [-0.25, -0.2) is 0 Å². The van der Waals surface area contributed by atoms with Crippen molar-refractivity contribution in [1.82, 2.24) is 4.90 Å². The van der Waals surface area contributed by atoms with Crippen molar-refractivity contribution >= 4 is 28.8 Å². The van der Waals surface area contributed by atoms with Crippen molar-refractivity contribution in [3.63, 3.8) is 0 Å². The second-order valence-electron chi connectivity index (χ2n) is 7.81. The number of rotatable bonds is 7. The zero-order valence-electron chi connectivity index (χ0n) is 19.3. The summed E-state index contributed by atoms with van der Waals surface area (Å²) in [5.41, 5.74) is 2.04. The number of Topliss-reactive ketones (excluding diaryl/α,β-unsaturated/α-hetero) is 1. The molecule has 1 atom stereocenters. The summed E-state index contributed by atoms with van der Waals surface area (Å²) in [6, 6.07) is 13.5. The van der Waals surface area contributed by atoms with Gasteiger partial charge >= 0.3 is 0 Å². The maximum atomic E-state index is 13.2. The summed E-state index contributed by atoms with van der Waals surface area (Å²) in [7, 11) is 4.65. The SMILES string of the molecule is COc1ccc(/C(O)=C2/C(=O)C(=O)N(Cc3ccc(OC)c(OC)c3)C2c2cccs2)c(C)c1. The molecular weight excluding hydrogens is 454 g/mol. The van der Waals surface area contributed by atoms with Crippen LogP contribution >= 0.6 is 11.3 Å². The smallest absolute Gasteiger partial charge is 0.295 e. The van der Waals surface area contributed by atoms with Crippen molar-refractivity contribution in [2.45, 2.75) is 19.5 Å². The number of hydrogen-bond acceptors (Lipinski definition) is 7. The minimum Gasteiger partial charge on any atom is -0.507 e. The number of methoxy groups -OCH3 is 3. The normalized spacial score (nSPS) is 17.2. The third-order valence-electron chi connectivity index (χ3n) is 5.84. The van der Waals surface area contributed by atoms with Crippen LogP contribution < -0.4 is 14.2 Å². The number of aryl methyl sites for hydroxylation is 1. The number of thiophene rings is 1. The van der Waals surface area contributed by atoms with E-state index in [1.807, 2.05) is 30.5 Å². The summed E-state index contributed by atoms with van der Waals surface area (Å²) >= 11 is 1.42. The number of aliphatic hydroxyl groups excluding tert-OH is 1. The largest absolute Gasteiger partial charge is 0.507 e. The van der Waals surface area contributed by atoms with E-state index in [-0.39, 0.29) is 17.9 Å². The molecule has 0 bridgehead atoms. The van der Waals surface area contributed by atoms with E-state index in [0.29, 0.717) is 22.8 Å². The van der Waals surface area contributed by atoms with Crippen LogP contribution in [-0.4, -0.2) is 43.0 Å². The Hall–Kier alpha value is -3.78. The van der Waals surface area contributed by atoms with Crippen molar-refractivity contribution in [2.24, 2.45) is 0 Å². The fourth-order valence-electron chi connectivity index (χ4n) is 4.14. The second kappa shape index (κ2) is 9.61. The molecule has 1 unspecified atom stereocenters. The predicted octanol–water partition coefficient (Wildman–Crippen LogP) is 4.70. The third-order valence-corrected chi connectivity index (χ3v) is 6.77. The third kappa shape index (κ3) is 4.12. The van der Waals surface area contributed by atoms with Crippen LogP contribution in [0.25, 0.3) is 5.76 Å². The van der Waals surface area contributed by atoms with Gasteiger partial charge in [-0.1, -0.05) is 12.1 Å². The zero-order valence-corrected chi connectivity index (χ0v) is 20.1. The van der Waals surface area contributed by atoms with Crippen LogP contribution in [0.1, 0.15) is 27.6 Å². The first kappa shape index (κ1) is 23.4. The molecule has 8 heteroatoms. The Morgan fingerprint density at radius 2 is 1.76 bits per heavy atom. The molecule has 1 aliphatic heterocycles. The standard InChI is InChI=1S/C26H25NO6S/c1-15-12-17(31-2)8-9-18(15)24(28)22-23(21-6-5-11-34-21)27(26(30)25(22)29)14-16-7-10-19(32-3)20(13-16)33-4/h5-13,23,28H,14H2,1-4H3/b24-22-. The summed E-state index contributed by atoms with van der Waals surface area (Å²) in [6.07, 6.45) is 0. The van der Waals surface area contributed by atoms with Gasteiger partial charge in [0.15, 0.2) is 11.5 Å². The monoisotopic (exact) mass is 479 g/mol. The van der Waals surface area contributed by atoms with E-state index in [0.717, 1.165) is 16.0 Å². The van der Waals surface area contributed by atoms with Crippen molar-refractivity contribution in [3.8, 4) is 17.2 Å². The molecule has 0 radical (unpaired) electrons. The topological polar surface area (TPSA) is 85.3 Å². The molecule has 1 saturated heterocycles. The molecule has 0 spiro atoms. The number of benzene rings is 2. The lowest BCUT2D eigenvalue weighted by Crippen LogP contribution is -2.28. The van der Waals surface area contributed by atoms with E-state index in [1.54, 1.807) is 44.6 Å². The van der Waals surface area contributed by atoms with Crippen molar-refractivity contribution in [2.75, 3.05) is 21.3 Å². The molecule has 1 aliphatic rings. The quantitative estimate of drug-likeness (QED) is 0.300. The lowest BCUT2D eigenvalue weighted by atomic mass is 9.97. The Kier molecular flexibility index (Phi) is 6.61. The Labute approximate surface area is 201 Å². The highest BCUT2D eigenvalue weighted by molar-refractivity contribution is 7.10. The van der Waals surface area contributed by atoms with Crippen LogP contribution in [0.3, 0.4) is 0 Å². The van der Waals surface area contributed by atoms with Crippen LogP contribution in [0, 0.1) is 6.92 Å². The summed E-state index contributed by atoms with van der Waals surface area (Å²) in [5, 5.41) is 13.1. The van der Waals surface area contributed by atoms with E-state index in [4.69, 9.17) is 14.2 Å². The number of likely N-dealkylation sites (tertiary alicyclic amines) is 1. The highest BCUT2D eigenvalue weighted by Crippen LogP contribution is 2.43. The first-order chi connectivity index (χ1) is 16.4. The molecule has 34 heavy (non-hydrogen) atoms. The fraction of sp³-hybridized carbons (Fsp3) is 0.231. The van der Waals surface area contributed by atoms with E-state index in [9.17, 15) is 14.7 Å². The van der Waals surface area contributed by atoms with Gasteiger partial charge in [0, 0.05) is 17.0 Å². The van der Waals surface area contributed by atoms with Gasteiger partial charge in [0.2, 0.25) is 0 Å². The van der Waals surface area contributed by atoms with Gasteiger partial charge in [-0.05, 0) is 59.8 Å². The maximum absolute atomic E-state index is 13.2. The van der Waals surface area contributed by atoms with E-state index < -0.39 is 17.7 Å². The van der Waals surface area contributed by atoms with Crippen molar-refractivity contribution < 1.29 is 28.9 Å². The fourth-order valence-corrected chi connectivity index (χ4v) is 4.98. The van der Waals surface area contributed by atoms with Gasteiger partial charge in [0.25, 0.3) is 11.7 Å². The zero-order chi connectivity index (χ0) is 24.4. The Bertz CT molecular complexity index is 1260. The van der Waals surface area contributed by atoms with Gasteiger partial charge in [-0.15, -0.1) is 11.3 Å². The van der Waals surface area contributed by atoms with Crippen LogP contribution in [-0.2, 0) is 16.1 Å². The number of hydrogen-bond donors (Lipinski definition) is 1.